The van der Waals surface area contributed by atoms with Crippen LogP contribution in [0, 0.1) is 23.0 Å². The normalized spacial score (nSPS) is 16.8. The minimum atomic E-state index is -0.996. The third-order valence-corrected chi connectivity index (χ3v) is 7.19. The van der Waals surface area contributed by atoms with Crippen LogP contribution in [-0.2, 0) is 17.7 Å². The largest absolute Gasteiger partial charge is 0.459 e. The van der Waals surface area contributed by atoms with Gasteiger partial charge in [-0.1, -0.05) is 48.6 Å². The number of hydrogen-bond acceptors (Lipinski definition) is 4. The van der Waals surface area contributed by atoms with Crippen molar-refractivity contribution in [3.05, 3.63) is 131 Å². The molecule has 2 aliphatic rings. The van der Waals surface area contributed by atoms with Crippen molar-refractivity contribution < 1.29 is 13.5 Å². The van der Waals surface area contributed by atoms with Crippen LogP contribution < -0.4 is 0 Å². The van der Waals surface area contributed by atoms with Gasteiger partial charge in [0.2, 0.25) is 0 Å². The van der Waals surface area contributed by atoms with Crippen LogP contribution >= 0.6 is 0 Å². The van der Waals surface area contributed by atoms with Crippen molar-refractivity contribution in [2.45, 2.75) is 58.6 Å². The lowest BCUT2D eigenvalue weighted by Crippen LogP contribution is -2.39. The maximum atomic E-state index is 14.3. The smallest absolute Gasteiger partial charge is 0.190 e. The van der Waals surface area contributed by atoms with Gasteiger partial charge in [0, 0.05) is 42.2 Å². The summed E-state index contributed by atoms with van der Waals surface area (Å²) in [5, 5.41) is 9.47. The minimum Gasteiger partial charge on any atom is -0.459 e. The summed E-state index contributed by atoms with van der Waals surface area (Å²) in [5.74, 6) is -0.643. The first-order valence-electron chi connectivity index (χ1n) is 13.1. The van der Waals surface area contributed by atoms with Crippen LogP contribution in [0.1, 0.15) is 56.7 Å². The fourth-order valence-electron chi connectivity index (χ4n) is 5.24. The predicted octanol–water partition coefficient (Wildman–Crippen LogP) is 7.85. The van der Waals surface area contributed by atoms with Gasteiger partial charge >= 0.3 is 0 Å². The molecule has 2 aliphatic heterocycles. The van der Waals surface area contributed by atoms with Crippen LogP contribution in [0.15, 0.2) is 102 Å². The van der Waals surface area contributed by atoms with Gasteiger partial charge in [0.05, 0.1) is 0 Å². The number of rotatable bonds is 8. The van der Waals surface area contributed by atoms with Crippen LogP contribution in [0.5, 0.6) is 0 Å². The molecule has 2 aromatic carbocycles. The lowest BCUT2D eigenvalue weighted by atomic mass is 9.84. The number of ether oxygens (including phenoxy) is 1. The van der Waals surface area contributed by atoms with Gasteiger partial charge in [-0.05, 0) is 82.0 Å². The van der Waals surface area contributed by atoms with Crippen molar-refractivity contribution in [3.63, 3.8) is 0 Å². The SMILES string of the molecule is C=C(OC(C)(C)C#N)N1Cc2ccccc2C(C(=C(C)C)N2C=CC=C(CCc3c(F)cccc3F)C2=C)C1. The Morgan fingerprint density at radius 2 is 1.79 bits per heavy atom. The summed E-state index contributed by atoms with van der Waals surface area (Å²) in [5.41, 5.74) is 5.35. The van der Waals surface area contributed by atoms with E-state index in [0.29, 0.717) is 25.4 Å². The number of nitrogens with zero attached hydrogens (tertiary/aromatic N) is 3. The number of nitriles is 1. The summed E-state index contributed by atoms with van der Waals surface area (Å²) < 4.78 is 34.5. The van der Waals surface area contributed by atoms with E-state index in [4.69, 9.17) is 4.74 Å². The maximum Gasteiger partial charge on any atom is 0.190 e. The molecule has 0 saturated carbocycles. The molecule has 0 N–H and O–H groups in total. The molecule has 0 amide bonds. The number of allylic oxidation sites excluding steroid dienone is 4. The molecule has 0 spiro atoms. The van der Waals surface area contributed by atoms with Gasteiger partial charge in [-0.3, -0.25) is 0 Å². The first-order valence-corrected chi connectivity index (χ1v) is 13.1. The van der Waals surface area contributed by atoms with Crippen molar-refractivity contribution in [1.82, 2.24) is 9.80 Å². The molecule has 0 aliphatic carbocycles. The lowest BCUT2D eigenvalue weighted by molar-refractivity contribution is 0.0210. The highest BCUT2D eigenvalue weighted by Crippen LogP contribution is 2.41. The summed E-state index contributed by atoms with van der Waals surface area (Å²) in [6, 6.07) is 14.5. The molecule has 0 fully saturated rings. The van der Waals surface area contributed by atoms with Gasteiger partial charge in [0.1, 0.15) is 17.7 Å². The van der Waals surface area contributed by atoms with Gasteiger partial charge < -0.3 is 14.5 Å². The number of fused-ring (bicyclic) bond motifs is 1. The molecule has 4 nitrogen and oxygen atoms in total. The zero-order valence-corrected chi connectivity index (χ0v) is 23.1. The van der Waals surface area contributed by atoms with E-state index in [1.54, 1.807) is 13.8 Å². The second-order valence-corrected chi connectivity index (χ2v) is 10.7. The Balaban J connectivity index is 1.62. The monoisotopic (exact) mass is 527 g/mol. The molecule has 0 saturated heterocycles. The standard InChI is InChI=1S/C33H35F2N3O/c1-22(2)32(38-18-10-12-25(23(38)3)16-17-28-30(34)14-9-15-31(28)35)29-20-37(24(4)39-33(5,6)21-36)19-26-11-7-8-13-27(26)29/h7-15,18,29H,3-4,16-17,19-20H2,1-2,5-6H3. The fraction of sp³-hybridized carbons (Fsp3) is 0.303. The highest BCUT2D eigenvalue weighted by atomic mass is 19.1. The average Bonchev–Trinajstić information content (AvgIpc) is 2.89. The first kappa shape index (κ1) is 27.9. The number of halogens is 2. The Kier molecular flexibility index (Phi) is 8.11. The summed E-state index contributed by atoms with van der Waals surface area (Å²) in [7, 11) is 0. The highest BCUT2D eigenvalue weighted by molar-refractivity contribution is 5.46. The van der Waals surface area contributed by atoms with Crippen molar-refractivity contribution >= 4 is 0 Å². The fourth-order valence-corrected chi connectivity index (χ4v) is 5.24. The molecule has 1 atom stereocenters. The Labute approximate surface area is 230 Å². The quantitative estimate of drug-likeness (QED) is 0.328. The molecule has 202 valence electrons. The average molecular weight is 528 g/mol. The number of benzene rings is 2. The third-order valence-electron chi connectivity index (χ3n) is 7.19. The maximum absolute atomic E-state index is 14.3. The molecule has 0 aromatic heterocycles. The molecule has 6 heteroatoms. The lowest BCUT2D eigenvalue weighted by Gasteiger charge is -2.42. The van der Waals surface area contributed by atoms with Crippen LogP contribution in [-0.4, -0.2) is 21.9 Å². The van der Waals surface area contributed by atoms with E-state index < -0.39 is 17.2 Å². The predicted molar refractivity (Wildman–Crippen MR) is 151 cm³/mol. The molecule has 2 aromatic rings. The van der Waals surface area contributed by atoms with Crippen molar-refractivity contribution in [2.75, 3.05) is 6.54 Å². The first-order chi connectivity index (χ1) is 18.5. The second-order valence-electron chi connectivity index (χ2n) is 10.7. The van der Waals surface area contributed by atoms with E-state index in [2.05, 4.69) is 55.0 Å². The minimum absolute atomic E-state index is 0.0322. The van der Waals surface area contributed by atoms with Crippen LogP contribution in [0.2, 0.25) is 0 Å². The molecular weight excluding hydrogens is 492 g/mol. The van der Waals surface area contributed by atoms with Gasteiger partial charge in [-0.2, -0.15) is 5.26 Å². The van der Waals surface area contributed by atoms with E-state index in [1.807, 2.05) is 30.5 Å². The summed E-state index contributed by atoms with van der Waals surface area (Å²) in [6.07, 6.45) is 6.59. The Hall–Kier alpha value is -4.11. The van der Waals surface area contributed by atoms with E-state index in [-0.39, 0.29) is 17.9 Å². The second kappa shape index (κ2) is 11.3. The Bertz CT molecular complexity index is 1400. The highest BCUT2D eigenvalue weighted by Gasteiger charge is 2.34. The summed E-state index contributed by atoms with van der Waals surface area (Å²) >= 11 is 0. The van der Waals surface area contributed by atoms with E-state index in [9.17, 15) is 14.0 Å². The van der Waals surface area contributed by atoms with Crippen LogP contribution in [0.25, 0.3) is 0 Å². The zero-order chi connectivity index (χ0) is 28.3. The van der Waals surface area contributed by atoms with Gasteiger partial charge in [-0.15, -0.1) is 0 Å². The van der Waals surface area contributed by atoms with E-state index in [1.165, 1.54) is 23.8 Å². The molecule has 4 rings (SSSR count). The van der Waals surface area contributed by atoms with E-state index >= 15 is 0 Å². The molecule has 0 bridgehead atoms. The molecule has 39 heavy (non-hydrogen) atoms. The summed E-state index contributed by atoms with van der Waals surface area (Å²) in [4.78, 5) is 4.17. The van der Waals surface area contributed by atoms with Gasteiger partial charge in [0.25, 0.3) is 0 Å². The zero-order valence-electron chi connectivity index (χ0n) is 23.1. The van der Waals surface area contributed by atoms with Crippen molar-refractivity contribution in [3.8, 4) is 6.07 Å². The molecule has 1 unspecified atom stereocenters. The molecule has 0 radical (unpaired) electrons. The van der Waals surface area contributed by atoms with Gasteiger partial charge in [-0.25, -0.2) is 8.78 Å². The molecule has 2 heterocycles. The van der Waals surface area contributed by atoms with Gasteiger partial charge in [0.15, 0.2) is 11.5 Å². The van der Waals surface area contributed by atoms with Crippen molar-refractivity contribution in [2.24, 2.45) is 0 Å². The van der Waals surface area contributed by atoms with E-state index in [0.717, 1.165) is 28.1 Å². The Morgan fingerprint density at radius 3 is 2.46 bits per heavy atom. The Morgan fingerprint density at radius 1 is 1.10 bits per heavy atom. The number of hydrogen-bond donors (Lipinski definition) is 0. The summed E-state index contributed by atoms with van der Waals surface area (Å²) in [6.45, 7) is 17.4. The van der Waals surface area contributed by atoms with Crippen LogP contribution in [0.3, 0.4) is 0 Å². The van der Waals surface area contributed by atoms with Crippen LogP contribution in [0.4, 0.5) is 8.78 Å². The topological polar surface area (TPSA) is 39.5 Å². The molecular formula is C33H35F2N3O. The van der Waals surface area contributed by atoms with Crippen molar-refractivity contribution in [1.29, 1.82) is 5.26 Å². The third kappa shape index (κ3) is 5.98.